The SMILES string of the molecule is COC(=O)c1cc([N+](=O)[O-])ccc1-c1c(OC)cccc1OC.O=c1oc2cccc(O)c2c2ccc([N+](=O)[O-])cc12.S.S=S. The van der Waals surface area contributed by atoms with Crippen molar-refractivity contribution < 1.29 is 38.4 Å². The highest BCUT2D eigenvalue weighted by molar-refractivity contribution is 8.07. The van der Waals surface area contributed by atoms with Crippen LogP contribution in [-0.4, -0.2) is 42.3 Å². The van der Waals surface area contributed by atoms with E-state index in [1.54, 1.807) is 30.3 Å². The van der Waals surface area contributed by atoms with Crippen LogP contribution in [0.3, 0.4) is 0 Å². The Balaban J connectivity index is 0.000000295. The van der Waals surface area contributed by atoms with Crippen LogP contribution in [0.1, 0.15) is 10.4 Å². The van der Waals surface area contributed by atoms with Gasteiger partial charge in [0.05, 0.1) is 53.1 Å². The number of carbonyl (C=O) groups excluding carboxylic acids is 1. The number of non-ortho nitro benzene ring substituents is 2. The number of phenolic OH excluding ortho intramolecular Hbond substituents is 1. The van der Waals surface area contributed by atoms with Gasteiger partial charge < -0.3 is 23.7 Å². The number of aromatic hydroxyl groups is 1. The second-order valence-corrected chi connectivity index (χ2v) is 8.54. The summed E-state index contributed by atoms with van der Waals surface area (Å²) in [7, 11) is 4.19. The molecule has 16 heteroatoms. The van der Waals surface area contributed by atoms with Gasteiger partial charge in [-0.05, 0) is 36.4 Å². The fourth-order valence-corrected chi connectivity index (χ4v) is 4.32. The number of rotatable bonds is 6. The molecule has 0 aliphatic carbocycles. The Morgan fingerprint density at radius 2 is 1.38 bits per heavy atom. The largest absolute Gasteiger partial charge is 0.507 e. The quantitative estimate of drug-likeness (QED) is 0.0759. The zero-order valence-electron chi connectivity index (χ0n) is 23.7. The van der Waals surface area contributed by atoms with Crippen molar-refractivity contribution in [1.82, 2.24) is 0 Å². The van der Waals surface area contributed by atoms with E-state index in [0.717, 1.165) is 6.07 Å². The van der Waals surface area contributed by atoms with Crippen molar-refractivity contribution >= 4 is 75.0 Å². The molecule has 0 atom stereocenters. The van der Waals surface area contributed by atoms with E-state index in [-0.39, 0.29) is 47.2 Å². The lowest BCUT2D eigenvalue weighted by Crippen LogP contribution is -2.06. The van der Waals surface area contributed by atoms with E-state index in [1.807, 2.05) is 0 Å². The van der Waals surface area contributed by atoms with Crippen molar-refractivity contribution in [2.24, 2.45) is 0 Å². The van der Waals surface area contributed by atoms with E-state index in [2.05, 4.69) is 22.4 Å². The molecule has 0 fully saturated rings. The molecule has 4 aromatic carbocycles. The van der Waals surface area contributed by atoms with E-state index in [4.69, 9.17) is 18.6 Å². The summed E-state index contributed by atoms with van der Waals surface area (Å²) in [5.41, 5.74) is 0.176. The summed E-state index contributed by atoms with van der Waals surface area (Å²) in [5.74, 6) is 0.225. The third kappa shape index (κ3) is 7.67. The summed E-state index contributed by atoms with van der Waals surface area (Å²) < 4.78 is 20.4. The molecule has 1 N–H and O–H groups in total. The average Bonchev–Trinajstić information content (AvgIpc) is 3.04. The summed E-state index contributed by atoms with van der Waals surface area (Å²) >= 11 is 7.33. The first-order chi connectivity index (χ1) is 21.1. The van der Waals surface area contributed by atoms with Gasteiger partial charge in [0, 0.05) is 57.6 Å². The number of fused-ring (bicyclic) bond motifs is 3. The van der Waals surface area contributed by atoms with E-state index in [9.17, 15) is 34.9 Å². The minimum atomic E-state index is -0.684. The Morgan fingerprint density at radius 1 is 0.822 bits per heavy atom. The number of nitro benzene ring substituents is 2. The second-order valence-electron chi connectivity index (χ2n) is 8.54. The van der Waals surface area contributed by atoms with Crippen molar-refractivity contribution in [3.63, 3.8) is 0 Å². The normalized spacial score (nSPS) is 9.84. The van der Waals surface area contributed by atoms with Gasteiger partial charge in [-0.2, -0.15) is 13.5 Å². The molecular formula is C29H24N2O11S3. The molecule has 0 aliphatic heterocycles. The number of ether oxygens (including phenoxy) is 3. The highest BCUT2D eigenvalue weighted by Gasteiger charge is 2.23. The molecular weight excluding hydrogens is 649 g/mol. The standard InChI is InChI=1S/C16H15NO6.C13H7NO5.S2.H2S/c1-21-13-5-4-6-14(22-2)15(13)11-8-7-10(17(19)20)9-12(11)16(18)23-3;15-10-2-1-3-11-12(10)8-5-4-7(14(17)18)6-9(8)13(16)19-11;1-2;/h4-9H,1-3H3;1-6,15H;;1H2. The van der Waals surface area contributed by atoms with E-state index >= 15 is 0 Å². The number of phenols is 1. The molecule has 0 saturated heterocycles. The molecule has 1 aromatic heterocycles. The van der Waals surface area contributed by atoms with Crippen molar-refractivity contribution in [3.05, 3.63) is 109 Å². The number of nitro groups is 2. The number of nitrogens with zero attached hydrogens (tertiary/aromatic N) is 2. The molecule has 0 bridgehead atoms. The van der Waals surface area contributed by atoms with Crippen LogP contribution in [0.4, 0.5) is 11.4 Å². The lowest BCUT2D eigenvalue weighted by molar-refractivity contribution is -0.385. The topological polar surface area (TPSA) is 181 Å². The first-order valence-corrected chi connectivity index (χ1v) is 13.5. The minimum absolute atomic E-state index is 0. The van der Waals surface area contributed by atoms with Crippen molar-refractivity contribution in [1.29, 1.82) is 0 Å². The molecule has 0 amide bonds. The van der Waals surface area contributed by atoms with Crippen molar-refractivity contribution in [2.75, 3.05) is 21.3 Å². The predicted octanol–water partition coefficient (Wildman–Crippen LogP) is 5.73. The number of hydrogen-bond donors (Lipinski definition) is 1. The van der Waals surface area contributed by atoms with Crippen LogP contribution in [0.5, 0.6) is 17.2 Å². The molecule has 45 heavy (non-hydrogen) atoms. The van der Waals surface area contributed by atoms with E-state index in [0.29, 0.717) is 33.4 Å². The maximum Gasteiger partial charge on any atom is 0.344 e. The van der Waals surface area contributed by atoms with Gasteiger partial charge in [0.1, 0.15) is 22.8 Å². The number of esters is 1. The zero-order valence-corrected chi connectivity index (χ0v) is 26.3. The second kappa shape index (κ2) is 16.0. The fourth-order valence-electron chi connectivity index (χ4n) is 4.32. The maximum atomic E-state index is 12.1. The monoisotopic (exact) mass is 672 g/mol. The number of hydrogen-bond acceptors (Lipinski definition) is 13. The van der Waals surface area contributed by atoms with Crippen molar-refractivity contribution in [2.45, 2.75) is 0 Å². The summed E-state index contributed by atoms with van der Waals surface area (Å²) in [5, 5.41) is 32.4. The smallest absolute Gasteiger partial charge is 0.344 e. The predicted molar refractivity (Wildman–Crippen MR) is 176 cm³/mol. The average molecular weight is 673 g/mol. The van der Waals surface area contributed by atoms with Crippen LogP contribution < -0.4 is 15.1 Å². The van der Waals surface area contributed by atoms with Crippen molar-refractivity contribution in [3.8, 4) is 28.4 Å². The Morgan fingerprint density at radius 3 is 1.93 bits per heavy atom. The summed E-state index contributed by atoms with van der Waals surface area (Å²) in [6.45, 7) is 0. The molecule has 0 radical (unpaired) electrons. The molecule has 5 aromatic rings. The van der Waals surface area contributed by atoms with Crippen LogP contribution in [0, 0.1) is 20.2 Å². The Labute approximate surface area is 271 Å². The van der Waals surface area contributed by atoms with Crippen LogP contribution in [0.25, 0.3) is 32.9 Å². The van der Waals surface area contributed by atoms with Gasteiger partial charge in [-0.25, -0.2) is 9.59 Å². The number of methoxy groups -OCH3 is 3. The van der Waals surface area contributed by atoms with Crippen LogP contribution in [0.2, 0.25) is 0 Å². The molecule has 234 valence electrons. The van der Waals surface area contributed by atoms with Gasteiger partial charge in [0.2, 0.25) is 0 Å². The molecule has 5 rings (SSSR count). The van der Waals surface area contributed by atoms with Crippen LogP contribution in [0.15, 0.2) is 82.0 Å². The first-order valence-electron chi connectivity index (χ1n) is 12.2. The van der Waals surface area contributed by atoms with Gasteiger partial charge in [-0.1, -0.05) is 12.1 Å². The van der Waals surface area contributed by atoms with Gasteiger partial charge in [-0.3, -0.25) is 20.2 Å². The summed E-state index contributed by atoms with van der Waals surface area (Å²) in [6.07, 6.45) is 0. The van der Waals surface area contributed by atoms with Gasteiger partial charge in [0.25, 0.3) is 11.4 Å². The lowest BCUT2D eigenvalue weighted by atomic mass is 9.97. The van der Waals surface area contributed by atoms with Crippen LogP contribution in [-0.2, 0) is 27.1 Å². The summed E-state index contributed by atoms with van der Waals surface area (Å²) in [4.78, 5) is 44.4. The summed E-state index contributed by atoms with van der Waals surface area (Å²) in [6, 6.07) is 17.6. The Bertz CT molecular complexity index is 1930. The number of carbonyl (C=O) groups is 1. The highest BCUT2D eigenvalue weighted by Crippen LogP contribution is 2.41. The highest BCUT2D eigenvalue weighted by atomic mass is 32.8. The Hall–Kier alpha value is -5.19. The molecule has 13 nitrogen and oxygen atoms in total. The van der Waals surface area contributed by atoms with E-state index < -0.39 is 21.4 Å². The third-order valence-corrected chi connectivity index (χ3v) is 6.23. The molecule has 0 spiro atoms. The molecule has 0 aliphatic rings. The Kier molecular flexibility index (Phi) is 12.8. The molecule has 0 saturated carbocycles. The zero-order chi connectivity index (χ0) is 32.6. The maximum absolute atomic E-state index is 12.1. The number of benzene rings is 4. The van der Waals surface area contributed by atoms with Gasteiger partial charge in [0.15, 0.2) is 0 Å². The lowest BCUT2D eigenvalue weighted by Gasteiger charge is -2.15. The first kappa shape index (κ1) is 36.0. The van der Waals surface area contributed by atoms with Crippen LogP contribution >= 0.6 is 13.5 Å². The van der Waals surface area contributed by atoms with E-state index in [1.165, 1.54) is 57.7 Å². The molecule has 1 heterocycles. The third-order valence-electron chi connectivity index (χ3n) is 6.23. The fraction of sp³-hybridized carbons (Fsp3) is 0.103. The van der Waals surface area contributed by atoms with Gasteiger partial charge >= 0.3 is 11.6 Å². The molecule has 0 unspecified atom stereocenters. The van der Waals surface area contributed by atoms with Gasteiger partial charge in [-0.15, -0.1) is 0 Å². The minimum Gasteiger partial charge on any atom is -0.507 e.